The maximum atomic E-state index is 12.5. The Balaban J connectivity index is 1.94. The highest BCUT2D eigenvalue weighted by Crippen LogP contribution is 2.19. The van der Waals surface area contributed by atoms with E-state index in [0.29, 0.717) is 11.4 Å². The van der Waals surface area contributed by atoms with E-state index in [-0.39, 0.29) is 11.9 Å². The quantitative estimate of drug-likeness (QED) is 0.770. The van der Waals surface area contributed by atoms with E-state index >= 15 is 0 Å². The van der Waals surface area contributed by atoms with Crippen LogP contribution in [0, 0.1) is 6.92 Å². The lowest BCUT2D eigenvalue weighted by atomic mass is 10.1. The van der Waals surface area contributed by atoms with Gasteiger partial charge in [0.2, 0.25) is 0 Å². The Morgan fingerprint density at radius 1 is 1.33 bits per heavy atom. The minimum absolute atomic E-state index is 0.152. The third kappa shape index (κ3) is 2.60. The zero-order valence-corrected chi connectivity index (χ0v) is 11.8. The molecule has 6 heteroatoms. The number of carbonyl (C=O) groups excluding carboxylic acids is 1. The van der Waals surface area contributed by atoms with Crippen LogP contribution in [-0.4, -0.2) is 26.1 Å². The van der Waals surface area contributed by atoms with Gasteiger partial charge in [-0.2, -0.15) is 5.10 Å². The van der Waals surface area contributed by atoms with Crippen molar-refractivity contribution in [2.75, 3.05) is 0 Å². The van der Waals surface area contributed by atoms with Gasteiger partial charge in [0.25, 0.3) is 5.91 Å². The number of aromatic nitrogens is 4. The number of fused-ring (bicyclic) bond motifs is 1. The Bertz CT molecular complexity index is 782. The van der Waals surface area contributed by atoms with Crippen molar-refractivity contribution in [2.24, 2.45) is 0 Å². The first-order valence-electron chi connectivity index (χ1n) is 6.67. The number of para-hydroxylation sites is 1. The number of hydrogen-bond acceptors (Lipinski definition) is 4. The van der Waals surface area contributed by atoms with Crippen molar-refractivity contribution >= 4 is 16.8 Å². The lowest BCUT2D eigenvalue weighted by Crippen LogP contribution is -2.27. The molecule has 106 valence electrons. The molecule has 0 bridgehead atoms. The van der Waals surface area contributed by atoms with Gasteiger partial charge in [-0.15, -0.1) is 0 Å². The van der Waals surface area contributed by atoms with E-state index in [0.717, 1.165) is 16.6 Å². The summed E-state index contributed by atoms with van der Waals surface area (Å²) in [6, 6.07) is 9.16. The predicted molar refractivity (Wildman–Crippen MR) is 78.7 cm³/mol. The van der Waals surface area contributed by atoms with Gasteiger partial charge in [0.05, 0.1) is 17.1 Å². The summed E-state index contributed by atoms with van der Waals surface area (Å²) in [6.07, 6.45) is 1.42. The Kier molecular flexibility index (Phi) is 3.35. The van der Waals surface area contributed by atoms with Crippen LogP contribution >= 0.6 is 0 Å². The summed E-state index contributed by atoms with van der Waals surface area (Å²) in [6.45, 7) is 3.73. The predicted octanol–water partition coefficient (Wildman–Crippen LogP) is 2.15. The van der Waals surface area contributed by atoms with Crippen LogP contribution in [0.2, 0.25) is 0 Å². The van der Waals surface area contributed by atoms with Crippen LogP contribution in [0.4, 0.5) is 0 Å². The third-order valence-corrected chi connectivity index (χ3v) is 3.28. The van der Waals surface area contributed by atoms with Crippen LogP contribution in [0.1, 0.15) is 34.8 Å². The first-order chi connectivity index (χ1) is 10.1. The Hall–Kier alpha value is -2.76. The molecule has 0 radical (unpaired) electrons. The summed E-state index contributed by atoms with van der Waals surface area (Å²) in [5, 5.41) is 10.3. The molecule has 0 aliphatic rings. The minimum Gasteiger partial charge on any atom is -0.342 e. The number of hydrogen-bond donors (Lipinski definition) is 2. The maximum Gasteiger partial charge on any atom is 0.252 e. The van der Waals surface area contributed by atoms with Gasteiger partial charge in [-0.3, -0.25) is 14.9 Å². The van der Waals surface area contributed by atoms with Crippen molar-refractivity contribution in [2.45, 2.75) is 19.9 Å². The van der Waals surface area contributed by atoms with Gasteiger partial charge in [-0.05, 0) is 26.0 Å². The van der Waals surface area contributed by atoms with Crippen LogP contribution in [-0.2, 0) is 0 Å². The number of H-pyrrole nitrogens is 1. The van der Waals surface area contributed by atoms with E-state index in [9.17, 15) is 4.79 Å². The van der Waals surface area contributed by atoms with Crippen molar-refractivity contribution < 1.29 is 4.79 Å². The molecule has 6 nitrogen and oxygen atoms in total. The van der Waals surface area contributed by atoms with Crippen LogP contribution in [0.15, 0.2) is 36.7 Å². The van der Waals surface area contributed by atoms with Crippen LogP contribution < -0.4 is 5.32 Å². The molecule has 0 aliphatic carbocycles. The van der Waals surface area contributed by atoms with Gasteiger partial charge < -0.3 is 5.32 Å². The molecule has 0 saturated carbocycles. The van der Waals surface area contributed by atoms with Gasteiger partial charge in [-0.1, -0.05) is 18.2 Å². The average Bonchev–Trinajstić information content (AvgIpc) is 3.00. The number of nitrogens with one attached hydrogen (secondary N) is 2. The molecular formula is C15H15N5O. The summed E-state index contributed by atoms with van der Waals surface area (Å²) in [7, 11) is 0. The number of pyridine rings is 1. The SMILES string of the molecule is Cc1cc(C(=O)NC(C)c2ncn[nH]2)c2ccccc2n1. The fraction of sp³-hybridized carbons (Fsp3) is 0.200. The largest absolute Gasteiger partial charge is 0.342 e. The second-order valence-electron chi connectivity index (χ2n) is 4.89. The molecule has 2 heterocycles. The summed E-state index contributed by atoms with van der Waals surface area (Å²) in [5.41, 5.74) is 2.24. The number of amides is 1. The highest BCUT2D eigenvalue weighted by molar-refractivity contribution is 6.06. The summed E-state index contributed by atoms with van der Waals surface area (Å²) < 4.78 is 0. The van der Waals surface area contributed by atoms with Crippen molar-refractivity contribution in [1.29, 1.82) is 0 Å². The highest BCUT2D eigenvalue weighted by atomic mass is 16.1. The fourth-order valence-corrected chi connectivity index (χ4v) is 2.26. The molecule has 0 fully saturated rings. The third-order valence-electron chi connectivity index (χ3n) is 3.28. The molecule has 0 aliphatic heterocycles. The van der Waals surface area contributed by atoms with Crippen molar-refractivity contribution in [3.8, 4) is 0 Å². The summed E-state index contributed by atoms with van der Waals surface area (Å²) >= 11 is 0. The molecule has 1 unspecified atom stereocenters. The maximum absolute atomic E-state index is 12.5. The number of aromatic amines is 1. The lowest BCUT2D eigenvalue weighted by Gasteiger charge is -2.13. The Labute approximate surface area is 121 Å². The molecule has 2 N–H and O–H groups in total. The van der Waals surface area contributed by atoms with Gasteiger partial charge in [0, 0.05) is 11.1 Å². The highest BCUT2D eigenvalue weighted by Gasteiger charge is 2.16. The number of benzene rings is 1. The molecular weight excluding hydrogens is 266 g/mol. The molecule has 1 atom stereocenters. The first-order valence-corrected chi connectivity index (χ1v) is 6.67. The lowest BCUT2D eigenvalue weighted by molar-refractivity contribution is 0.0940. The Morgan fingerprint density at radius 3 is 2.90 bits per heavy atom. The molecule has 2 aromatic heterocycles. The van der Waals surface area contributed by atoms with E-state index in [1.54, 1.807) is 6.07 Å². The number of rotatable bonds is 3. The number of carbonyl (C=O) groups is 1. The van der Waals surface area contributed by atoms with Gasteiger partial charge >= 0.3 is 0 Å². The number of aryl methyl sites for hydroxylation is 1. The normalized spacial score (nSPS) is 12.3. The van der Waals surface area contributed by atoms with Crippen molar-refractivity contribution in [3.63, 3.8) is 0 Å². The Morgan fingerprint density at radius 2 is 2.14 bits per heavy atom. The average molecular weight is 281 g/mol. The molecule has 3 rings (SSSR count). The molecule has 0 saturated heterocycles. The first kappa shape index (κ1) is 13.2. The summed E-state index contributed by atoms with van der Waals surface area (Å²) in [4.78, 5) is 21.0. The molecule has 0 spiro atoms. The minimum atomic E-state index is -0.243. The van der Waals surface area contributed by atoms with E-state index in [2.05, 4.69) is 25.5 Å². The van der Waals surface area contributed by atoms with E-state index in [1.807, 2.05) is 38.1 Å². The van der Waals surface area contributed by atoms with Gasteiger partial charge in [-0.25, -0.2) is 4.98 Å². The monoisotopic (exact) mass is 281 g/mol. The standard InChI is InChI=1S/C15H15N5O/c1-9-7-12(11-5-3-4-6-13(11)18-9)15(21)19-10(2)14-16-8-17-20-14/h3-8,10H,1-2H3,(H,19,21)(H,16,17,20). The van der Waals surface area contributed by atoms with Gasteiger partial charge in [0.1, 0.15) is 12.2 Å². The zero-order chi connectivity index (χ0) is 14.8. The number of nitrogens with zero attached hydrogens (tertiary/aromatic N) is 3. The van der Waals surface area contributed by atoms with Crippen LogP contribution in [0.25, 0.3) is 10.9 Å². The van der Waals surface area contributed by atoms with Gasteiger partial charge in [0.15, 0.2) is 0 Å². The zero-order valence-electron chi connectivity index (χ0n) is 11.8. The van der Waals surface area contributed by atoms with Crippen molar-refractivity contribution in [1.82, 2.24) is 25.5 Å². The summed E-state index contributed by atoms with van der Waals surface area (Å²) in [5.74, 6) is 0.471. The van der Waals surface area contributed by atoms with E-state index in [4.69, 9.17) is 0 Å². The molecule has 1 amide bonds. The van der Waals surface area contributed by atoms with E-state index < -0.39 is 0 Å². The second kappa shape index (κ2) is 5.32. The molecule has 3 aromatic rings. The topological polar surface area (TPSA) is 83.6 Å². The fourth-order valence-electron chi connectivity index (χ4n) is 2.26. The second-order valence-corrected chi connectivity index (χ2v) is 4.89. The molecule has 1 aromatic carbocycles. The molecule has 21 heavy (non-hydrogen) atoms. The van der Waals surface area contributed by atoms with Crippen LogP contribution in [0.3, 0.4) is 0 Å². The van der Waals surface area contributed by atoms with E-state index in [1.165, 1.54) is 6.33 Å². The van der Waals surface area contributed by atoms with Crippen molar-refractivity contribution in [3.05, 3.63) is 53.7 Å². The van der Waals surface area contributed by atoms with Crippen LogP contribution in [0.5, 0.6) is 0 Å². The smallest absolute Gasteiger partial charge is 0.252 e.